The fourth-order valence-electron chi connectivity index (χ4n) is 14.1. The number of nitrogens with two attached hydrogens (primary N) is 1. The molecule has 5 fully saturated rings. The molecule has 280 valence electrons. The molecule has 0 unspecified atom stereocenters. The number of hydrogen-bond acceptors (Lipinski definition) is 6. The van der Waals surface area contributed by atoms with Gasteiger partial charge in [0.15, 0.2) is 5.78 Å². The van der Waals surface area contributed by atoms with Crippen molar-refractivity contribution in [2.75, 3.05) is 5.73 Å². The molecule has 52 heavy (non-hydrogen) atoms. The number of fused-ring (bicyclic) bond motifs is 5. The van der Waals surface area contributed by atoms with Gasteiger partial charge in [0.05, 0.1) is 11.7 Å². The molecule has 1 aliphatic heterocycles. The van der Waals surface area contributed by atoms with E-state index in [-0.39, 0.29) is 57.2 Å². The zero-order valence-corrected chi connectivity index (χ0v) is 32.5. The second-order valence-electron chi connectivity index (χ2n) is 19.6. The molecule has 4 saturated carbocycles. The fourth-order valence-corrected chi connectivity index (χ4v) is 14.1. The normalized spacial score (nSPS) is 42.0. The Kier molecular flexibility index (Phi) is 8.33. The van der Waals surface area contributed by atoms with Crippen molar-refractivity contribution in [1.29, 1.82) is 0 Å². The van der Waals surface area contributed by atoms with Gasteiger partial charge in [0, 0.05) is 28.9 Å². The number of aliphatic hydroxyl groups is 1. The number of Topliss-reactive ketones (excluding diaryl/α,β-unsaturated/α-hetero) is 2. The second kappa shape index (κ2) is 12.0. The van der Waals surface area contributed by atoms with Crippen molar-refractivity contribution in [3.05, 3.63) is 70.8 Å². The van der Waals surface area contributed by atoms with Gasteiger partial charge in [-0.25, -0.2) is 0 Å². The first-order chi connectivity index (χ1) is 24.5. The zero-order chi connectivity index (χ0) is 37.2. The van der Waals surface area contributed by atoms with Gasteiger partial charge in [-0.3, -0.25) is 9.59 Å². The van der Waals surface area contributed by atoms with Crippen molar-refractivity contribution in [3.63, 3.8) is 0 Å². The summed E-state index contributed by atoms with van der Waals surface area (Å²) in [5.74, 6) is 1.81. The molecule has 6 aliphatic rings. The number of anilines is 1. The Morgan fingerprint density at radius 3 is 2.38 bits per heavy atom. The average molecular weight is 708 g/mol. The van der Waals surface area contributed by atoms with E-state index >= 15 is 0 Å². The summed E-state index contributed by atoms with van der Waals surface area (Å²) in [5, 5.41) is 22.1. The van der Waals surface area contributed by atoms with Gasteiger partial charge in [0.2, 0.25) is 0 Å². The molecule has 2 aromatic rings. The smallest absolute Gasteiger partial charge is 0.159 e. The number of benzene rings is 2. The molecular weight excluding hydrogens is 647 g/mol. The number of nitrogen functional groups attached to an aromatic ring is 1. The van der Waals surface area contributed by atoms with Crippen LogP contribution in [0.25, 0.3) is 0 Å². The van der Waals surface area contributed by atoms with Crippen molar-refractivity contribution >= 4 is 17.3 Å². The molecular formula is C46H61NO5. The molecule has 5 aliphatic carbocycles. The largest absolute Gasteiger partial charge is 0.508 e. The number of phenolic OH excluding ortho intramolecular Hbond substituents is 1. The summed E-state index contributed by atoms with van der Waals surface area (Å²) in [6, 6.07) is 15.6. The summed E-state index contributed by atoms with van der Waals surface area (Å²) in [5.41, 5.74) is 10.2. The van der Waals surface area contributed by atoms with E-state index in [1.165, 1.54) is 11.1 Å². The van der Waals surface area contributed by atoms with E-state index in [4.69, 9.17) is 10.5 Å². The number of ketones is 2. The second-order valence-corrected chi connectivity index (χ2v) is 19.6. The number of hydrogen-bond donors (Lipinski definition) is 3. The van der Waals surface area contributed by atoms with Crippen LogP contribution >= 0.6 is 0 Å². The average Bonchev–Trinajstić information content (AvgIpc) is 3.39. The van der Waals surface area contributed by atoms with Crippen LogP contribution in [0.4, 0.5) is 5.69 Å². The number of aromatic hydroxyl groups is 1. The van der Waals surface area contributed by atoms with E-state index in [1.54, 1.807) is 12.1 Å². The third-order valence-electron chi connectivity index (χ3n) is 16.7. The van der Waals surface area contributed by atoms with Crippen LogP contribution in [-0.4, -0.2) is 39.6 Å². The number of phenols is 1. The van der Waals surface area contributed by atoms with Crippen LogP contribution in [0.1, 0.15) is 136 Å². The van der Waals surface area contributed by atoms with E-state index in [0.717, 1.165) is 68.2 Å². The van der Waals surface area contributed by atoms with Crippen molar-refractivity contribution in [3.8, 4) is 5.75 Å². The maximum atomic E-state index is 14.3. The summed E-state index contributed by atoms with van der Waals surface area (Å²) in [4.78, 5) is 28.4. The lowest BCUT2D eigenvalue weighted by Gasteiger charge is -2.68. The highest BCUT2D eigenvalue weighted by Crippen LogP contribution is 2.75. The van der Waals surface area contributed by atoms with Gasteiger partial charge >= 0.3 is 0 Å². The van der Waals surface area contributed by atoms with Gasteiger partial charge < -0.3 is 20.7 Å². The highest BCUT2D eigenvalue weighted by Gasteiger charge is 2.69. The van der Waals surface area contributed by atoms with Crippen LogP contribution in [0.15, 0.2) is 59.7 Å². The van der Waals surface area contributed by atoms with Crippen molar-refractivity contribution in [1.82, 2.24) is 0 Å². The molecule has 1 heterocycles. The van der Waals surface area contributed by atoms with Gasteiger partial charge in [-0.05, 0) is 140 Å². The zero-order valence-electron chi connectivity index (χ0n) is 32.5. The summed E-state index contributed by atoms with van der Waals surface area (Å²) >= 11 is 0. The highest BCUT2D eigenvalue weighted by molar-refractivity contribution is 6.00. The first kappa shape index (κ1) is 36.0. The Hall–Kier alpha value is -2.96. The van der Waals surface area contributed by atoms with Crippen LogP contribution in [-0.2, 0) is 14.3 Å². The third-order valence-corrected chi connectivity index (χ3v) is 16.7. The van der Waals surface area contributed by atoms with E-state index < -0.39 is 11.5 Å². The molecule has 4 N–H and O–H groups in total. The number of aliphatic hydroxyl groups excluding tert-OH is 1. The van der Waals surface area contributed by atoms with Gasteiger partial charge in [-0.15, -0.1) is 0 Å². The van der Waals surface area contributed by atoms with Gasteiger partial charge in [-0.1, -0.05) is 77.8 Å². The first-order valence-electron chi connectivity index (χ1n) is 20.3. The van der Waals surface area contributed by atoms with Crippen molar-refractivity contribution in [2.45, 2.75) is 142 Å². The molecule has 0 amide bonds. The molecule has 0 aromatic heterocycles. The molecule has 0 radical (unpaired) electrons. The standard InChI is InChI=1S/C46H61NO5/c1-26(21-35(49)41-46(7,52-41)33-16-10-15-31(33)27-11-8-13-29(47)22-27)39-34-17-18-38-43(4)24-32(28-12-9-14-30(48)23-28)40(51)42(2,3)37(43)19-20-44(38,5)45(34,6)25-36(39)50/h8-9,11-14,22-23,26,31-33,35,37-38,41,48-49H,10,15-21,24-25,47H2,1-7H3/t26-,31+,32+,33+,35-,37+,38-,41-,43-,44+,45+,46-/m1/s1. The number of rotatable bonds is 7. The number of carbonyl (C=O) groups is 2. The summed E-state index contributed by atoms with van der Waals surface area (Å²) in [7, 11) is 0. The Labute approximate surface area is 311 Å². The predicted molar refractivity (Wildman–Crippen MR) is 205 cm³/mol. The Bertz CT molecular complexity index is 1830. The van der Waals surface area contributed by atoms with Crippen LogP contribution in [0.5, 0.6) is 5.75 Å². The lowest BCUT2D eigenvalue weighted by atomic mass is 9.35. The maximum Gasteiger partial charge on any atom is 0.159 e. The molecule has 12 atom stereocenters. The lowest BCUT2D eigenvalue weighted by Crippen LogP contribution is -2.63. The Morgan fingerprint density at radius 2 is 1.65 bits per heavy atom. The third kappa shape index (κ3) is 5.08. The predicted octanol–water partition coefficient (Wildman–Crippen LogP) is 9.29. The van der Waals surface area contributed by atoms with Crippen molar-refractivity contribution < 1.29 is 24.5 Å². The van der Waals surface area contributed by atoms with Crippen LogP contribution in [0.3, 0.4) is 0 Å². The molecule has 1 saturated heterocycles. The van der Waals surface area contributed by atoms with Crippen molar-refractivity contribution in [2.24, 2.45) is 45.3 Å². The number of allylic oxidation sites excluding steroid dienone is 2. The molecule has 8 rings (SSSR count). The quantitative estimate of drug-likeness (QED) is 0.195. The first-order valence-corrected chi connectivity index (χ1v) is 20.3. The van der Waals surface area contributed by atoms with Gasteiger partial charge in [0.1, 0.15) is 17.6 Å². The summed E-state index contributed by atoms with van der Waals surface area (Å²) < 4.78 is 6.45. The minimum absolute atomic E-state index is 0.0467. The maximum absolute atomic E-state index is 14.3. The Morgan fingerprint density at radius 1 is 0.923 bits per heavy atom. The molecule has 6 heteroatoms. The van der Waals surface area contributed by atoms with Crippen LogP contribution in [0.2, 0.25) is 0 Å². The van der Waals surface area contributed by atoms with Crippen LogP contribution in [0, 0.1) is 45.3 Å². The monoisotopic (exact) mass is 707 g/mol. The van der Waals surface area contributed by atoms with Gasteiger partial charge in [0.25, 0.3) is 0 Å². The lowest BCUT2D eigenvalue weighted by molar-refractivity contribution is -0.183. The van der Waals surface area contributed by atoms with E-state index in [9.17, 15) is 19.8 Å². The highest BCUT2D eigenvalue weighted by atomic mass is 16.6. The molecule has 6 nitrogen and oxygen atoms in total. The molecule has 2 aromatic carbocycles. The number of epoxide rings is 1. The summed E-state index contributed by atoms with van der Waals surface area (Å²) in [6.07, 6.45) is 8.21. The minimum atomic E-state index is -0.632. The SMILES string of the molecule is C[C@H](C[C@@H](O)[C@H]1O[C@]1(C)[C@H]1CCC[C@H]1c1cccc(N)c1)C1=C2CC[C@@H]3[C@]4(C)C[C@@H](c5cccc(O)c5)C(=O)C(C)(C)[C@@H]4CC[C@]3(C)[C@@]2(C)CC1=O. The van der Waals surface area contributed by atoms with Gasteiger partial charge in [-0.2, -0.15) is 0 Å². The minimum Gasteiger partial charge on any atom is -0.508 e. The topological polar surface area (TPSA) is 113 Å². The Balaban J connectivity index is 1.04. The fraction of sp³-hybridized carbons (Fsp3) is 0.652. The molecule has 0 bridgehead atoms. The number of ether oxygens (including phenoxy) is 1. The summed E-state index contributed by atoms with van der Waals surface area (Å²) in [6.45, 7) is 15.9. The van der Waals surface area contributed by atoms with E-state index in [0.29, 0.717) is 36.4 Å². The molecule has 0 spiro atoms. The van der Waals surface area contributed by atoms with E-state index in [1.807, 2.05) is 24.3 Å². The number of carbonyl (C=O) groups excluding carboxylic acids is 2. The van der Waals surface area contributed by atoms with Crippen LogP contribution < -0.4 is 5.73 Å². The van der Waals surface area contributed by atoms with E-state index in [2.05, 4.69) is 60.6 Å².